The first kappa shape index (κ1) is 24.1. The van der Waals surface area contributed by atoms with Crippen LogP contribution in [-0.4, -0.2) is 17.1 Å². The zero-order chi connectivity index (χ0) is 23.8. The predicted molar refractivity (Wildman–Crippen MR) is 126 cm³/mol. The van der Waals surface area contributed by atoms with Gasteiger partial charge in [0.05, 0.1) is 10.8 Å². The molecule has 0 aliphatic carbocycles. The molecule has 0 bridgehead atoms. The first-order valence-electron chi connectivity index (χ1n) is 10.00. The van der Waals surface area contributed by atoms with E-state index in [0.717, 1.165) is 22.6 Å². The summed E-state index contributed by atoms with van der Waals surface area (Å²) in [5.74, 6) is -0.684. The molecule has 3 aromatic carbocycles. The van der Waals surface area contributed by atoms with E-state index in [1.54, 1.807) is 37.3 Å². The highest BCUT2D eigenvalue weighted by Crippen LogP contribution is 2.31. The lowest BCUT2D eigenvalue weighted by Crippen LogP contribution is -2.22. The fraction of sp³-hybridized carbons (Fsp3) is 0.120. The SMILES string of the molecule is CC(Sc1ccc(NC(=O)/C=C/c2ccccc2)cc1)C(=O)Nc1cccc(C(F)(F)F)c1. The normalized spacial score (nSPS) is 12.4. The Bertz CT molecular complexity index is 1130. The van der Waals surface area contributed by atoms with E-state index in [4.69, 9.17) is 0 Å². The maximum atomic E-state index is 12.8. The lowest BCUT2D eigenvalue weighted by Gasteiger charge is -2.14. The van der Waals surface area contributed by atoms with Crippen LogP contribution in [0.4, 0.5) is 24.5 Å². The minimum absolute atomic E-state index is 0.0869. The molecule has 1 unspecified atom stereocenters. The summed E-state index contributed by atoms with van der Waals surface area (Å²) in [6, 6.07) is 20.9. The number of rotatable bonds is 7. The van der Waals surface area contributed by atoms with Gasteiger partial charge in [0.15, 0.2) is 0 Å². The minimum Gasteiger partial charge on any atom is -0.325 e. The van der Waals surface area contributed by atoms with Crippen molar-refractivity contribution in [2.45, 2.75) is 23.2 Å². The smallest absolute Gasteiger partial charge is 0.325 e. The molecular formula is C25H21F3N2O2S. The van der Waals surface area contributed by atoms with Crippen LogP contribution in [0, 0.1) is 0 Å². The van der Waals surface area contributed by atoms with Crippen LogP contribution < -0.4 is 10.6 Å². The molecule has 33 heavy (non-hydrogen) atoms. The number of halogens is 3. The summed E-state index contributed by atoms with van der Waals surface area (Å²) in [6.45, 7) is 1.66. The Labute approximate surface area is 193 Å². The molecule has 0 aliphatic heterocycles. The van der Waals surface area contributed by atoms with Crippen molar-refractivity contribution in [2.24, 2.45) is 0 Å². The summed E-state index contributed by atoms with van der Waals surface area (Å²) in [6.07, 6.45) is -1.32. The van der Waals surface area contributed by atoms with Gasteiger partial charge in [0.1, 0.15) is 0 Å². The average molecular weight is 471 g/mol. The van der Waals surface area contributed by atoms with E-state index in [2.05, 4.69) is 10.6 Å². The summed E-state index contributed by atoms with van der Waals surface area (Å²) in [4.78, 5) is 25.2. The van der Waals surface area contributed by atoms with Crippen molar-refractivity contribution in [1.82, 2.24) is 0 Å². The van der Waals surface area contributed by atoms with E-state index in [1.807, 2.05) is 30.3 Å². The fourth-order valence-corrected chi connectivity index (χ4v) is 3.68. The Balaban J connectivity index is 1.53. The van der Waals surface area contributed by atoms with Gasteiger partial charge in [-0.05, 0) is 61.0 Å². The molecule has 3 aromatic rings. The van der Waals surface area contributed by atoms with E-state index < -0.39 is 22.9 Å². The lowest BCUT2D eigenvalue weighted by atomic mass is 10.2. The quantitative estimate of drug-likeness (QED) is 0.307. The van der Waals surface area contributed by atoms with Gasteiger partial charge in [0, 0.05) is 22.3 Å². The van der Waals surface area contributed by atoms with Gasteiger partial charge in [-0.3, -0.25) is 9.59 Å². The molecular weight excluding hydrogens is 449 g/mol. The van der Waals surface area contributed by atoms with E-state index in [-0.39, 0.29) is 11.6 Å². The zero-order valence-corrected chi connectivity index (χ0v) is 18.4. The summed E-state index contributed by atoms with van der Waals surface area (Å²) >= 11 is 1.25. The summed E-state index contributed by atoms with van der Waals surface area (Å²) in [5, 5.41) is 4.73. The molecule has 4 nitrogen and oxygen atoms in total. The minimum atomic E-state index is -4.48. The number of carbonyl (C=O) groups is 2. The molecule has 2 N–H and O–H groups in total. The number of hydrogen-bond acceptors (Lipinski definition) is 3. The molecule has 0 spiro atoms. The predicted octanol–water partition coefficient (Wildman–Crippen LogP) is 6.48. The molecule has 0 aliphatic rings. The molecule has 0 heterocycles. The van der Waals surface area contributed by atoms with Crippen molar-refractivity contribution in [3.8, 4) is 0 Å². The number of alkyl halides is 3. The number of amides is 2. The van der Waals surface area contributed by atoms with Gasteiger partial charge in [0.25, 0.3) is 0 Å². The zero-order valence-electron chi connectivity index (χ0n) is 17.6. The number of anilines is 2. The fourth-order valence-electron chi connectivity index (χ4n) is 2.81. The van der Waals surface area contributed by atoms with Crippen LogP contribution >= 0.6 is 11.8 Å². The average Bonchev–Trinajstić information content (AvgIpc) is 2.79. The van der Waals surface area contributed by atoms with Crippen LogP contribution in [0.5, 0.6) is 0 Å². The first-order valence-corrected chi connectivity index (χ1v) is 10.9. The summed E-state index contributed by atoms with van der Waals surface area (Å²) in [5.41, 5.74) is 0.778. The first-order chi connectivity index (χ1) is 15.7. The standard InChI is InChI=1S/C25H21F3N2O2S/c1-17(24(32)30-21-9-5-8-19(16-21)25(26,27)28)33-22-13-11-20(12-14-22)29-23(31)15-10-18-6-3-2-4-7-18/h2-17H,1H3,(H,29,31)(H,30,32)/b15-10+. The number of benzene rings is 3. The molecule has 170 valence electrons. The second-order valence-corrected chi connectivity index (χ2v) is 8.50. The molecule has 1 atom stereocenters. The third-order valence-electron chi connectivity index (χ3n) is 4.49. The van der Waals surface area contributed by atoms with Gasteiger partial charge in [-0.1, -0.05) is 36.4 Å². The second kappa shape index (κ2) is 10.9. The van der Waals surface area contributed by atoms with Gasteiger partial charge in [-0.25, -0.2) is 0 Å². The number of carbonyl (C=O) groups excluding carboxylic acids is 2. The van der Waals surface area contributed by atoms with Crippen LogP contribution in [0.25, 0.3) is 6.08 Å². The van der Waals surface area contributed by atoms with Gasteiger partial charge in [-0.2, -0.15) is 13.2 Å². The third-order valence-corrected chi connectivity index (χ3v) is 5.60. The Morgan fingerprint density at radius 2 is 1.58 bits per heavy atom. The van der Waals surface area contributed by atoms with Gasteiger partial charge >= 0.3 is 6.18 Å². The molecule has 3 rings (SSSR count). The molecule has 0 aromatic heterocycles. The van der Waals surface area contributed by atoms with Crippen LogP contribution in [-0.2, 0) is 15.8 Å². The number of nitrogens with one attached hydrogen (secondary N) is 2. The molecule has 8 heteroatoms. The maximum Gasteiger partial charge on any atom is 0.416 e. The molecule has 0 radical (unpaired) electrons. The van der Waals surface area contributed by atoms with E-state index in [9.17, 15) is 22.8 Å². The third kappa shape index (κ3) is 7.54. The number of hydrogen-bond donors (Lipinski definition) is 2. The topological polar surface area (TPSA) is 58.2 Å². The summed E-state index contributed by atoms with van der Waals surface area (Å²) in [7, 11) is 0. The van der Waals surface area contributed by atoms with Gasteiger partial charge < -0.3 is 10.6 Å². The highest BCUT2D eigenvalue weighted by Gasteiger charge is 2.30. The van der Waals surface area contributed by atoms with Crippen LogP contribution in [0.2, 0.25) is 0 Å². The Morgan fingerprint density at radius 3 is 2.24 bits per heavy atom. The largest absolute Gasteiger partial charge is 0.416 e. The van der Waals surface area contributed by atoms with Gasteiger partial charge in [0.2, 0.25) is 11.8 Å². The van der Waals surface area contributed by atoms with Crippen LogP contribution in [0.3, 0.4) is 0 Å². The maximum absolute atomic E-state index is 12.8. The van der Waals surface area contributed by atoms with Crippen molar-refractivity contribution < 1.29 is 22.8 Å². The lowest BCUT2D eigenvalue weighted by molar-refractivity contribution is -0.137. The van der Waals surface area contributed by atoms with Crippen molar-refractivity contribution >= 4 is 41.0 Å². The van der Waals surface area contributed by atoms with Crippen molar-refractivity contribution in [2.75, 3.05) is 10.6 Å². The Morgan fingerprint density at radius 1 is 0.879 bits per heavy atom. The molecule has 2 amide bonds. The van der Waals surface area contributed by atoms with Gasteiger partial charge in [-0.15, -0.1) is 11.8 Å². The molecule has 0 saturated heterocycles. The molecule has 0 fully saturated rings. The molecule has 0 saturated carbocycles. The van der Waals surface area contributed by atoms with Crippen molar-refractivity contribution in [3.05, 3.63) is 96.1 Å². The number of thioether (sulfide) groups is 1. The highest BCUT2D eigenvalue weighted by molar-refractivity contribution is 8.00. The highest BCUT2D eigenvalue weighted by atomic mass is 32.2. The van der Waals surface area contributed by atoms with Crippen LogP contribution in [0.15, 0.2) is 89.8 Å². The monoisotopic (exact) mass is 470 g/mol. The van der Waals surface area contributed by atoms with E-state index in [1.165, 1.54) is 30.0 Å². The van der Waals surface area contributed by atoms with Crippen molar-refractivity contribution in [1.29, 1.82) is 0 Å². The van der Waals surface area contributed by atoms with E-state index in [0.29, 0.717) is 5.69 Å². The van der Waals surface area contributed by atoms with Crippen molar-refractivity contribution in [3.63, 3.8) is 0 Å². The second-order valence-electron chi connectivity index (χ2n) is 7.09. The summed E-state index contributed by atoms with van der Waals surface area (Å²) < 4.78 is 38.5. The van der Waals surface area contributed by atoms with E-state index >= 15 is 0 Å². The Kier molecular flexibility index (Phi) is 7.95. The Hall–Kier alpha value is -3.52. The van der Waals surface area contributed by atoms with Crippen LogP contribution in [0.1, 0.15) is 18.1 Å².